The number of thioether (sulfide) groups is 1. The maximum atomic E-state index is 12.7. The van der Waals surface area contributed by atoms with Gasteiger partial charge < -0.3 is 9.47 Å². The number of carbonyl (C=O) groups is 2. The smallest absolute Gasteiger partial charge is 0.293 e. The van der Waals surface area contributed by atoms with Crippen LogP contribution in [-0.4, -0.2) is 35.2 Å². The highest BCUT2D eigenvalue weighted by atomic mass is 32.2. The molecule has 2 aromatic carbocycles. The predicted molar refractivity (Wildman–Crippen MR) is 104 cm³/mol. The fourth-order valence-electron chi connectivity index (χ4n) is 2.80. The molecule has 144 valence electrons. The number of methoxy groups -OCH3 is 2. The Hall–Kier alpha value is -3.33. The summed E-state index contributed by atoms with van der Waals surface area (Å²) in [7, 11) is 2.98. The van der Waals surface area contributed by atoms with E-state index in [1.165, 1.54) is 32.4 Å². The number of hydrogen-bond donors (Lipinski definition) is 0. The topological polar surface area (TPSA) is 99.0 Å². The number of imide groups is 1. The van der Waals surface area contributed by atoms with Crippen LogP contribution in [0.3, 0.4) is 0 Å². The zero-order valence-corrected chi connectivity index (χ0v) is 15.9. The maximum Gasteiger partial charge on any atom is 0.293 e. The number of nitrogens with zero attached hydrogens (tertiary/aromatic N) is 2. The molecule has 0 aliphatic carbocycles. The van der Waals surface area contributed by atoms with Crippen LogP contribution in [0, 0.1) is 10.1 Å². The Morgan fingerprint density at radius 2 is 1.86 bits per heavy atom. The van der Waals surface area contributed by atoms with Crippen LogP contribution in [0.2, 0.25) is 0 Å². The van der Waals surface area contributed by atoms with Crippen molar-refractivity contribution >= 4 is 34.7 Å². The molecule has 1 fully saturated rings. The summed E-state index contributed by atoms with van der Waals surface area (Å²) >= 11 is 0.775. The summed E-state index contributed by atoms with van der Waals surface area (Å²) in [6.07, 6.45) is 1.55. The van der Waals surface area contributed by atoms with E-state index in [2.05, 4.69) is 0 Å². The van der Waals surface area contributed by atoms with E-state index in [4.69, 9.17) is 9.47 Å². The summed E-state index contributed by atoms with van der Waals surface area (Å²) in [4.78, 5) is 36.9. The van der Waals surface area contributed by atoms with Gasteiger partial charge in [0.25, 0.3) is 16.8 Å². The molecule has 8 nitrogen and oxygen atoms in total. The van der Waals surface area contributed by atoms with Crippen LogP contribution >= 0.6 is 11.8 Å². The van der Waals surface area contributed by atoms with Gasteiger partial charge in [0.05, 0.1) is 30.6 Å². The van der Waals surface area contributed by atoms with Crippen LogP contribution in [0.4, 0.5) is 10.5 Å². The van der Waals surface area contributed by atoms with Crippen molar-refractivity contribution in [3.8, 4) is 11.5 Å². The third-order valence-electron chi connectivity index (χ3n) is 4.11. The van der Waals surface area contributed by atoms with Gasteiger partial charge in [-0.3, -0.25) is 24.6 Å². The van der Waals surface area contributed by atoms with Gasteiger partial charge in [-0.15, -0.1) is 0 Å². The Morgan fingerprint density at radius 1 is 1.11 bits per heavy atom. The first-order valence-electron chi connectivity index (χ1n) is 8.15. The third-order valence-corrected chi connectivity index (χ3v) is 5.02. The summed E-state index contributed by atoms with van der Waals surface area (Å²) < 4.78 is 10.6. The molecule has 0 N–H and O–H groups in total. The van der Waals surface area contributed by atoms with Crippen molar-refractivity contribution in [3.63, 3.8) is 0 Å². The normalized spacial score (nSPS) is 15.2. The van der Waals surface area contributed by atoms with Gasteiger partial charge in [0.15, 0.2) is 11.5 Å². The average molecular weight is 400 g/mol. The molecular formula is C19H16N2O6S. The highest BCUT2D eigenvalue weighted by Crippen LogP contribution is 2.38. The predicted octanol–water partition coefficient (Wildman–Crippen LogP) is 3.85. The fourth-order valence-corrected chi connectivity index (χ4v) is 3.63. The third kappa shape index (κ3) is 3.70. The van der Waals surface area contributed by atoms with Crippen LogP contribution in [0.15, 0.2) is 47.4 Å². The molecule has 1 heterocycles. The van der Waals surface area contributed by atoms with Gasteiger partial charge in [-0.2, -0.15) is 0 Å². The van der Waals surface area contributed by atoms with E-state index in [-0.39, 0.29) is 22.7 Å². The van der Waals surface area contributed by atoms with E-state index < -0.39 is 16.1 Å². The number of benzene rings is 2. The van der Waals surface area contributed by atoms with E-state index in [1.807, 2.05) is 0 Å². The number of para-hydroxylation sites is 2. The van der Waals surface area contributed by atoms with Crippen molar-refractivity contribution in [3.05, 3.63) is 68.6 Å². The number of ether oxygens (including phenoxy) is 2. The van der Waals surface area contributed by atoms with Gasteiger partial charge in [-0.25, -0.2) is 0 Å². The summed E-state index contributed by atoms with van der Waals surface area (Å²) in [6.45, 7) is -0.172. The molecule has 0 spiro atoms. The molecule has 1 aliphatic heterocycles. The molecule has 1 saturated heterocycles. The first-order valence-corrected chi connectivity index (χ1v) is 8.96. The SMILES string of the molecule is COc1cccc(/C=C2/SC(=O)N(Cc3ccccc3[N+](=O)[O-])C2=O)c1OC. The quantitative estimate of drug-likeness (QED) is 0.412. The lowest BCUT2D eigenvalue weighted by Crippen LogP contribution is -2.27. The van der Waals surface area contributed by atoms with Gasteiger partial charge in [0.2, 0.25) is 0 Å². The molecule has 0 atom stereocenters. The van der Waals surface area contributed by atoms with Crippen LogP contribution in [0.25, 0.3) is 6.08 Å². The minimum atomic E-state index is -0.536. The minimum absolute atomic E-state index is 0.139. The van der Waals surface area contributed by atoms with E-state index in [0.717, 1.165) is 16.7 Å². The maximum absolute atomic E-state index is 12.7. The second kappa shape index (κ2) is 8.13. The minimum Gasteiger partial charge on any atom is -0.493 e. The molecular weight excluding hydrogens is 384 g/mol. The summed E-state index contributed by atoms with van der Waals surface area (Å²) in [6, 6.07) is 11.2. The van der Waals surface area contributed by atoms with Gasteiger partial charge in [-0.05, 0) is 23.9 Å². The monoisotopic (exact) mass is 400 g/mol. The molecule has 0 aromatic heterocycles. The summed E-state index contributed by atoms with van der Waals surface area (Å²) in [5, 5.41) is 10.7. The van der Waals surface area contributed by atoms with E-state index in [1.54, 1.807) is 30.3 Å². The summed E-state index contributed by atoms with van der Waals surface area (Å²) in [5.74, 6) is 0.420. The Labute approximate surface area is 164 Å². The average Bonchev–Trinajstić information content (AvgIpc) is 2.95. The van der Waals surface area contributed by atoms with Gasteiger partial charge in [-0.1, -0.05) is 30.3 Å². The Balaban J connectivity index is 1.91. The molecule has 0 unspecified atom stereocenters. The first kappa shape index (κ1) is 19.4. The zero-order chi connectivity index (χ0) is 20.3. The van der Waals surface area contributed by atoms with Crippen molar-refractivity contribution < 1.29 is 24.0 Å². The number of amides is 2. The molecule has 28 heavy (non-hydrogen) atoms. The van der Waals surface area contributed by atoms with Crippen molar-refractivity contribution in [2.45, 2.75) is 6.54 Å². The fraction of sp³-hybridized carbons (Fsp3) is 0.158. The molecule has 2 amide bonds. The molecule has 0 saturated carbocycles. The van der Waals surface area contributed by atoms with Crippen molar-refractivity contribution in [1.29, 1.82) is 0 Å². The highest BCUT2D eigenvalue weighted by Gasteiger charge is 2.36. The highest BCUT2D eigenvalue weighted by molar-refractivity contribution is 8.18. The number of nitro benzene ring substituents is 1. The molecule has 3 rings (SSSR count). The van der Waals surface area contributed by atoms with Crippen LogP contribution in [-0.2, 0) is 11.3 Å². The summed E-state index contributed by atoms with van der Waals surface area (Å²) in [5.41, 5.74) is 0.730. The molecule has 9 heteroatoms. The van der Waals surface area contributed by atoms with E-state index in [0.29, 0.717) is 17.1 Å². The van der Waals surface area contributed by atoms with Crippen molar-refractivity contribution in [2.75, 3.05) is 14.2 Å². The lowest BCUT2D eigenvalue weighted by Gasteiger charge is -2.12. The van der Waals surface area contributed by atoms with Crippen molar-refractivity contribution in [2.24, 2.45) is 0 Å². The standard InChI is InChI=1S/C19H16N2O6S/c1-26-15-9-5-7-12(17(15)27-2)10-16-18(22)20(19(23)28-16)11-13-6-3-4-8-14(13)21(24)25/h3-10H,11H2,1-2H3/b16-10+. The first-order chi connectivity index (χ1) is 13.5. The van der Waals surface area contributed by atoms with Crippen LogP contribution < -0.4 is 9.47 Å². The molecule has 0 bridgehead atoms. The molecule has 2 aromatic rings. The van der Waals surface area contributed by atoms with E-state index >= 15 is 0 Å². The van der Waals surface area contributed by atoms with Crippen LogP contribution in [0.5, 0.6) is 11.5 Å². The van der Waals surface area contributed by atoms with Gasteiger partial charge in [0.1, 0.15) is 0 Å². The lowest BCUT2D eigenvalue weighted by atomic mass is 10.1. The zero-order valence-electron chi connectivity index (χ0n) is 15.1. The largest absolute Gasteiger partial charge is 0.493 e. The van der Waals surface area contributed by atoms with E-state index in [9.17, 15) is 19.7 Å². The Kier molecular flexibility index (Phi) is 5.65. The number of rotatable bonds is 6. The van der Waals surface area contributed by atoms with Gasteiger partial charge in [0, 0.05) is 17.2 Å². The van der Waals surface area contributed by atoms with Crippen LogP contribution in [0.1, 0.15) is 11.1 Å². The Morgan fingerprint density at radius 3 is 2.54 bits per heavy atom. The van der Waals surface area contributed by atoms with Crippen molar-refractivity contribution in [1.82, 2.24) is 4.90 Å². The van der Waals surface area contributed by atoms with Gasteiger partial charge >= 0.3 is 0 Å². The second-order valence-electron chi connectivity index (χ2n) is 5.74. The number of carbonyl (C=O) groups excluding carboxylic acids is 2. The molecule has 1 aliphatic rings. The number of nitro groups is 1. The molecule has 0 radical (unpaired) electrons. The Bertz CT molecular complexity index is 988. The second-order valence-corrected chi connectivity index (χ2v) is 6.73. The lowest BCUT2D eigenvalue weighted by molar-refractivity contribution is -0.385. The number of hydrogen-bond acceptors (Lipinski definition) is 7.